The largest absolute Gasteiger partial charge is 0.508 e. The quantitative estimate of drug-likeness (QED) is 0.792. The Kier molecular flexibility index (Phi) is 3.85. The van der Waals surface area contributed by atoms with Crippen molar-refractivity contribution in [3.05, 3.63) is 47.3 Å². The fourth-order valence-electron chi connectivity index (χ4n) is 2.89. The lowest BCUT2D eigenvalue weighted by Crippen LogP contribution is -2.29. The van der Waals surface area contributed by atoms with Crippen LogP contribution >= 0.6 is 0 Å². The van der Waals surface area contributed by atoms with Crippen molar-refractivity contribution in [1.29, 1.82) is 0 Å². The molecule has 1 aliphatic heterocycles. The molecular formula is C16H19N3O3. The minimum Gasteiger partial charge on any atom is -0.508 e. The molecule has 2 atom stereocenters. The third-order valence-corrected chi connectivity index (χ3v) is 4.02. The number of hydrogen-bond donors (Lipinski definition) is 3. The van der Waals surface area contributed by atoms with Gasteiger partial charge < -0.3 is 15.1 Å². The Labute approximate surface area is 128 Å². The molecule has 6 nitrogen and oxygen atoms in total. The molecule has 0 saturated carbocycles. The van der Waals surface area contributed by atoms with Gasteiger partial charge in [0.2, 0.25) is 0 Å². The van der Waals surface area contributed by atoms with Gasteiger partial charge >= 0.3 is 0 Å². The molecule has 2 heterocycles. The van der Waals surface area contributed by atoms with Gasteiger partial charge in [0.15, 0.2) is 0 Å². The Morgan fingerprint density at radius 1 is 1.41 bits per heavy atom. The lowest BCUT2D eigenvalue weighted by atomic mass is 10.0. The number of aliphatic hydroxyl groups is 1. The molecule has 1 amide bonds. The molecule has 3 N–H and O–H groups in total. The molecule has 0 unspecified atom stereocenters. The third-order valence-electron chi connectivity index (χ3n) is 4.02. The molecule has 1 saturated heterocycles. The van der Waals surface area contributed by atoms with Crippen molar-refractivity contribution < 1.29 is 15.0 Å². The van der Waals surface area contributed by atoms with E-state index in [1.165, 1.54) is 12.1 Å². The van der Waals surface area contributed by atoms with Gasteiger partial charge in [-0.05, 0) is 37.6 Å². The van der Waals surface area contributed by atoms with E-state index >= 15 is 0 Å². The first kappa shape index (κ1) is 14.6. The minimum atomic E-state index is -0.557. The third kappa shape index (κ3) is 2.96. The van der Waals surface area contributed by atoms with Crippen LogP contribution in [0.3, 0.4) is 0 Å². The fraction of sp³-hybridized carbons (Fsp3) is 0.375. The Balaban J connectivity index is 1.68. The van der Waals surface area contributed by atoms with E-state index in [1.807, 2.05) is 13.0 Å². The van der Waals surface area contributed by atoms with Crippen molar-refractivity contribution in [2.75, 3.05) is 13.1 Å². The minimum absolute atomic E-state index is 0.0241. The number of β-amino-alcohol motifs (C(OH)–C–C–N with tert-alkyl or cyclic N) is 1. The maximum atomic E-state index is 12.4. The number of amides is 1. The van der Waals surface area contributed by atoms with Crippen molar-refractivity contribution in [3.63, 3.8) is 0 Å². The zero-order chi connectivity index (χ0) is 15.7. The number of benzene rings is 1. The Bertz CT molecular complexity index is 683. The Morgan fingerprint density at radius 2 is 2.23 bits per heavy atom. The molecule has 0 bridgehead atoms. The van der Waals surface area contributed by atoms with Crippen molar-refractivity contribution in [1.82, 2.24) is 15.1 Å². The number of rotatable bonds is 3. The first-order chi connectivity index (χ1) is 10.5. The average molecular weight is 301 g/mol. The van der Waals surface area contributed by atoms with Crippen LogP contribution in [0.1, 0.15) is 21.7 Å². The van der Waals surface area contributed by atoms with Crippen LogP contribution in [0, 0.1) is 12.8 Å². The van der Waals surface area contributed by atoms with Crippen molar-refractivity contribution in [2.45, 2.75) is 19.4 Å². The SMILES string of the molecule is Cc1cc(C[C@@H]2CN(C(=O)c3cccc(O)c3)C[C@H]2O)n[nH]1. The van der Waals surface area contributed by atoms with Crippen LogP contribution in [0.15, 0.2) is 30.3 Å². The van der Waals surface area contributed by atoms with Gasteiger partial charge in [0.05, 0.1) is 11.8 Å². The van der Waals surface area contributed by atoms with Crippen molar-refractivity contribution in [3.8, 4) is 5.75 Å². The lowest BCUT2D eigenvalue weighted by molar-refractivity contribution is 0.0764. The second kappa shape index (κ2) is 5.81. The second-order valence-corrected chi connectivity index (χ2v) is 5.83. The summed E-state index contributed by atoms with van der Waals surface area (Å²) in [4.78, 5) is 14.1. The molecule has 0 spiro atoms. The molecule has 6 heteroatoms. The number of nitrogens with one attached hydrogen (secondary N) is 1. The van der Waals surface area contributed by atoms with Gasteiger partial charge in [-0.2, -0.15) is 5.10 Å². The monoisotopic (exact) mass is 301 g/mol. The molecule has 3 rings (SSSR count). The molecule has 1 aliphatic rings. The van der Waals surface area contributed by atoms with Gasteiger partial charge in [-0.25, -0.2) is 0 Å². The molecule has 1 aromatic carbocycles. The number of phenols is 1. The summed E-state index contributed by atoms with van der Waals surface area (Å²) in [7, 11) is 0. The zero-order valence-electron chi connectivity index (χ0n) is 12.4. The van der Waals surface area contributed by atoms with Gasteiger partial charge in [-0.1, -0.05) is 6.07 Å². The van der Waals surface area contributed by atoms with Crippen molar-refractivity contribution in [2.24, 2.45) is 5.92 Å². The standard InChI is InChI=1S/C16H19N3O3/c1-10-5-13(18-17-10)6-12-8-19(9-15(12)21)16(22)11-3-2-4-14(20)7-11/h2-5,7,12,15,20-21H,6,8-9H2,1H3,(H,17,18)/t12-,15-/m1/s1. The zero-order valence-corrected chi connectivity index (χ0v) is 12.4. The number of aryl methyl sites for hydroxylation is 1. The number of carbonyl (C=O) groups is 1. The molecular weight excluding hydrogens is 282 g/mol. The van der Waals surface area contributed by atoms with Crippen molar-refractivity contribution >= 4 is 5.91 Å². The topological polar surface area (TPSA) is 89.5 Å². The maximum Gasteiger partial charge on any atom is 0.254 e. The van der Waals surface area contributed by atoms with Gasteiger partial charge in [-0.15, -0.1) is 0 Å². The summed E-state index contributed by atoms with van der Waals surface area (Å²) in [6, 6.07) is 8.22. The number of aromatic nitrogens is 2. The highest BCUT2D eigenvalue weighted by molar-refractivity contribution is 5.94. The number of carbonyl (C=O) groups excluding carboxylic acids is 1. The second-order valence-electron chi connectivity index (χ2n) is 5.83. The smallest absolute Gasteiger partial charge is 0.254 e. The number of aliphatic hydroxyl groups excluding tert-OH is 1. The van der Waals surface area contributed by atoms with E-state index < -0.39 is 6.10 Å². The van der Waals surface area contributed by atoms with E-state index in [1.54, 1.807) is 17.0 Å². The highest BCUT2D eigenvalue weighted by Crippen LogP contribution is 2.23. The predicted octanol–water partition coefficient (Wildman–Crippen LogP) is 1.10. The molecule has 22 heavy (non-hydrogen) atoms. The average Bonchev–Trinajstić information content (AvgIpc) is 3.05. The molecule has 116 valence electrons. The predicted molar refractivity (Wildman–Crippen MR) is 80.5 cm³/mol. The summed E-state index contributed by atoms with van der Waals surface area (Å²) in [5, 5.41) is 26.7. The fourth-order valence-corrected chi connectivity index (χ4v) is 2.89. The highest BCUT2D eigenvalue weighted by atomic mass is 16.3. The number of phenolic OH excluding ortho intramolecular Hbond substituents is 1. The van der Waals surface area contributed by atoms with E-state index in [9.17, 15) is 15.0 Å². The first-order valence-electron chi connectivity index (χ1n) is 7.30. The van der Waals surface area contributed by atoms with Crippen LogP contribution in [0.4, 0.5) is 0 Å². The molecule has 2 aromatic rings. The number of likely N-dealkylation sites (tertiary alicyclic amines) is 1. The van der Waals surface area contributed by atoms with Crippen LogP contribution in [-0.4, -0.2) is 50.4 Å². The first-order valence-corrected chi connectivity index (χ1v) is 7.30. The van der Waals surface area contributed by atoms with Gasteiger partial charge in [0, 0.05) is 30.3 Å². The van der Waals surface area contributed by atoms with E-state index in [2.05, 4.69) is 10.2 Å². The molecule has 1 fully saturated rings. The van der Waals surface area contributed by atoms with E-state index in [-0.39, 0.29) is 17.6 Å². The van der Waals surface area contributed by atoms with E-state index in [0.717, 1.165) is 11.4 Å². The number of nitrogens with zero attached hydrogens (tertiary/aromatic N) is 2. The summed E-state index contributed by atoms with van der Waals surface area (Å²) in [5.41, 5.74) is 2.31. The normalized spacial score (nSPS) is 21.3. The molecule has 0 aliphatic carbocycles. The van der Waals surface area contributed by atoms with Crippen LogP contribution in [0.25, 0.3) is 0 Å². The Morgan fingerprint density at radius 3 is 2.91 bits per heavy atom. The molecule has 0 radical (unpaired) electrons. The van der Waals surface area contributed by atoms with Crippen LogP contribution < -0.4 is 0 Å². The number of aromatic amines is 1. The number of hydrogen-bond acceptors (Lipinski definition) is 4. The summed E-state index contributed by atoms with van der Waals surface area (Å²) in [6.45, 7) is 2.73. The maximum absolute atomic E-state index is 12.4. The van der Waals surface area contributed by atoms with Gasteiger partial charge in [-0.3, -0.25) is 9.89 Å². The summed E-state index contributed by atoms with van der Waals surface area (Å²) in [5.74, 6) is -0.131. The van der Waals surface area contributed by atoms with Crippen LogP contribution in [0.5, 0.6) is 5.75 Å². The molecule has 1 aromatic heterocycles. The van der Waals surface area contributed by atoms with Crippen LogP contribution in [0.2, 0.25) is 0 Å². The van der Waals surface area contributed by atoms with Gasteiger partial charge in [0.1, 0.15) is 5.75 Å². The highest BCUT2D eigenvalue weighted by Gasteiger charge is 2.34. The van der Waals surface area contributed by atoms with E-state index in [4.69, 9.17) is 0 Å². The summed E-state index contributed by atoms with van der Waals surface area (Å²) < 4.78 is 0. The summed E-state index contributed by atoms with van der Waals surface area (Å²) in [6.07, 6.45) is 0.0771. The number of H-pyrrole nitrogens is 1. The van der Waals surface area contributed by atoms with Crippen LogP contribution in [-0.2, 0) is 6.42 Å². The lowest BCUT2D eigenvalue weighted by Gasteiger charge is -2.16. The van der Waals surface area contributed by atoms with E-state index in [0.29, 0.717) is 25.1 Å². The Hall–Kier alpha value is -2.34. The summed E-state index contributed by atoms with van der Waals surface area (Å²) >= 11 is 0. The van der Waals surface area contributed by atoms with Gasteiger partial charge in [0.25, 0.3) is 5.91 Å². The number of aromatic hydroxyl groups is 1.